The maximum absolute atomic E-state index is 11.9. The number of hydroxylamine groups is 1. The highest BCUT2D eigenvalue weighted by Crippen LogP contribution is 2.14. The van der Waals surface area contributed by atoms with E-state index in [0.717, 1.165) is 15.9 Å². The van der Waals surface area contributed by atoms with Crippen LogP contribution in [0.3, 0.4) is 0 Å². The average molecular weight is 269 g/mol. The van der Waals surface area contributed by atoms with Crippen molar-refractivity contribution in [3.63, 3.8) is 0 Å². The van der Waals surface area contributed by atoms with E-state index in [1.807, 2.05) is 67.6 Å². The number of hydrogen-bond acceptors (Lipinski definition) is 2. The summed E-state index contributed by atoms with van der Waals surface area (Å²) in [4.78, 5) is 0. The summed E-state index contributed by atoms with van der Waals surface area (Å²) < 4.78 is 6.42. The van der Waals surface area contributed by atoms with Crippen LogP contribution in [0.2, 0.25) is 0 Å². The molecule has 0 aliphatic carbocycles. The van der Waals surface area contributed by atoms with Gasteiger partial charge in [0.1, 0.15) is 6.61 Å². The average Bonchev–Trinajstić information content (AvgIpc) is 2.52. The van der Waals surface area contributed by atoms with Crippen molar-refractivity contribution in [2.45, 2.75) is 19.6 Å². The number of ether oxygens (including phenoxy) is 1. The first-order chi connectivity index (χ1) is 9.77. The monoisotopic (exact) mass is 269 g/mol. The molecule has 20 heavy (non-hydrogen) atoms. The van der Waals surface area contributed by atoms with Crippen molar-refractivity contribution in [3.8, 4) is 0 Å². The van der Waals surface area contributed by atoms with Crippen LogP contribution in [0.1, 0.15) is 24.1 Å². The van der Waals surface area contributed by atoms with Crippen LogP contribution in [0, 0.1) is 5.21 Å². The smallest absolute Gasteiger partial charge is 0.185 e. The van der Waals surface area contributed by atoms with Gasteiger partial charge in [-0.25, -0.2) is 4.74 Å². The van der Waals surface area contributed by atoms with Crippen molar-refractivity contribution in [1.29, 1.82) is 0 Å². The summed E-state index contributed by atoms with van der Waals surface area (Å²) in [6.07, 6.45) is 1.54. The van der Waals surface area contributed by atoms with Gasteiger partial charge in [-0.15, -0.1) is 0 Å². The Balaban J connectivity index is 1.82. The summed E-state index contributed by atoms with van der Waals surface area (Å²) >= 11 is 0. The van der Waals surface area contributed by atoms with Crippen LogP contribution in [0.5, 0.6) is 0 Å². The van der Waals surface area contributed by atoms with E-state index in [2.05, 4.69) is 0 Å². The topological polar surface area (TPSA) is 35.3 Å². The Morgan fingerprint density at radius 2 is 1.65 bits per heavy atom. The summed E-state index contributed by atoms with van der Waals surface area (Å²) in [6, 6.07) is 19.4. The molecule has 2 aromatic rings. The minimum atomic E-state index is -0.198. The zero-order valence-corrected chi connectivity index (χ0v) is 11.6. The normalized spacial score (nSPS) is 13.2. The van der Waals surface area contributed by atoms with Crippen molar-refractivity contribution in [3.05, 3.63) is 77.0 Å². The van der Waals surface area contributed by atoms with Crippen molar-refractivity contribution in [1.82, 2.24) is 0 Å². The van der Waals surface area contributed by atoms with E-state index in [1.165, 1.54) is 0 Å². The molecule has 0 spiro atoms. The molecule has 104 valence electrons. The fourth-order valence-corrected chi connectivity index (χ4v) is 1.91. The second kappa shape index (κ2) is 7.46. The minimum Gasteiger partial charge on any atom is -0.624 e. The Kier molecular flexibility index (Phi) is 5.33. The predicted molar refractivity (Wildman–Crippen MR) is 80.6 cm³/mol. The van der Waals surface area contributed by atoms with Crippen molar-refractivity contribution in [2.24, 2.45) is 0 Å². The Hall–Kier alpha value is -2.13. The van der Waals surface area contributed by atoms with Crippen LogP contribution < -0.4 is 0 Å². The summed E-state index contributed by atoms with van der Waals surface area (Å²) in [5.41, 5.74) is 2.11. The van der Waals surface area contributed by atoms with Gasteiger partial charge in [0.15, 0.2) is 12.3 Å². The maximum Gasteiger partial charge on any atom is 0.185 e. The van der Waals surface area contributed by atoms with Crippen LogP contribution in [0.15, 0.2) is 60.7 Å². The molecule has 3 nitrogen and oxygen atoms in total. The molecular formula is C17H19NO2. The largest absolute Gasteiger partial charge is 0.624 e. The maximum atomic E-state index is 11.9. The van der Waals surface area contributed by atoms with Gasteiger partial charge in [0.25, 0.3) is 0 Å². The van der Waals surface area contributed by atoms with Crippen molar-refractivity contribution < 1.29 is 9.48 Å². The number of benzene rings is 2. The molecule has 0 aliphatic heterocycles. The van der Waals surface area contributed by atoms with Gasteiger partial charge in [0.05, 0.1) is 6.61 Å². The second-order valence-electron chi connectivity index (χ2n) is 4.63. The Morgan fingerprint density at radius 1 is 1.05 bits per heavy atom. The van der Waals surface area contributed by atoms with E-state index in [0.29, 0.717) is 13.2 Å². The van der Waals surface area contributed by atoms with Crippen LogP contribution in [0.25, 0.3) is 0 Å². The summed E-state index contributed by atoms with van der Waals surface area (Å²) in [5, 5.41) is 11.9. The lowest BCUT2D eigenvalue weighted by atomic mass is 10.1. The molecule has 3 heteroatoms. The van der Waals surface area contributed by atoms with Crippen molar-refractivity contribution in [2.75, 3.05) is 6.61 Å². The summed E-state index contributed by atoms with van der Waals surface area (Å²) in [5.74, 6) is 0. The molecule has 0 fully saturated rings. The molecule has 0 saturated heterocycles. The molecule has 0 aliphatic rings. The van der Waals surface area contributed by atoms with E-state index in [-0.39, 0.29) is 6.04 Å². The van der Waals surface area contributed by atoms with Gasteiger partial charge >= 0.3 is 0 Å². The standard InChI is InChI=1S/C17H19NO2/c1-15(17-10-6-3-7-11-17)18(19)12-13-20-14-16-8-4-2-5-9-16/h2-12,15H,13-14H2,1H3/b18-12-/t15-/m0/s1. The highest BCUT2D eigenvalue weighted by Gasteiger charge is 2.10. The zero-order chi connectivity index (χ0) is 14.2. The SMILES string of the molecule is C[C@@H](c1ccccc1)/[N+]([O-])=C/COCc1ccccc1. The van der Waals surface area contributed by atoms with Crippen LogP contribution >= 0.6 is 0 Å². The Labute approximate surface area is 119 Å². The highest BCUT2D eigenvalue weighted by molar-refractivity contribution is 5.52. The summed E-state index contributed by atoms with van der Waals surface area (Å²) in [7, 11) is 0. The molecule has 1 atom stereocenters. The second-order valence-corrected chi connectivity index (χ2v) is 4.63. The van der Waals surface area contributed by atoms with Gasteiger partial charge in [0.2, 0.25) is 0 Å². The van der Waals surface area contributed by atoms with E-state index < -0.39 is 0 Å². The third-order valence-corrected chi connectivity index (χ3v) is 3.15. The lowest BCUT2D eigenvalue weighted by molar-refractivity contribution is -0.500. The van der Waals surface area contributed by atoms with Gasteiger partial charge in [-0.1, -0.05) is 60.7 Å². The molecule has 2 rings (SSSR count). The molecule has 0 unspecified atom stereocenters. The molecule has 0 radical (unpaired) electrons. The highest BCUT2D eigenvalue weighted by atomic mass is 16.5. The quantitative estimate of drug-likeness (QED) is 0.264. The zero-order valence-electron chi connectivity index (χ0n) is 11.6. The van der Waals surface area contributed by atoms with Crippen LogP contribution in [0.4, 0.5) is 0 Å². The third kappa shape index (κ3) is 4.21. The van der Waals surface area contributed by atoms with E-state index in [4.69, 9.17) is 4.74 Å². The fraction of sp³-hybridized carbons (Fsp3) is 0.235. The van der Waals surface area contributed by atoms with E-state index in [9.17, 15) is 5.21 Å². The third-order valence-electron chi connectivity index (χ3n) is 3.15. The van der Waals surface area contributed by atoms with Crippen molar-refractivity contribution >= 4 is 6.21 Å². The lowest BCUT2D eigenvalue weighted by Gasteiger charge is -2.12. The first-order valence-corrected chi connectivity index (χ1v) is 6.73. The molecule has 0 heterocycles. The molecule has 0 aromatic heterocycles. The van der Waals surface area contributed by atoms with Gasteiger partial charge in [-0.2, -0.15) is 0 Å². The molecule has 0 N–H and O–H groups in total. The first-order valence-electron chi connectivity index (χ1n) is 6.73. The number of rotatable bonds is 6. The van der Waals surface area contributed by atoms with Crippen LogP contribution in [-0.4, -0.2) is 17.6 Å². The first kappa shape index (κ1) is 14.3. The van der Waals surface area contributed by atoms with Gasteiger partial charge < -0.3 is 9.94 Å². The fourth-order valence-electron chi connectivity index (χ4n) is 1.91. The Morgan fingerprint density at radius 3 is 2.30 bits per heavy atom. The Bertz CT molecular complexity index is 537. The minimum absolute atomic E-state index is 0.198. The molecule has 2 aromatic carbocycles. The van der Waals surface area contributed by atoms with Gasteiger partial charge in [-0.3, -0.25) is 0 Å². The molecular weight excluding hydrogens is 250 g/mol. The molecule has 0 amide bonds. The molecule has 0 saturated carbocycles. The lowest BCUT2D eigenvalue weighted by Crippen LogP contribution is -2.13. The van der Waals surface area contributed by atoms with Crippen LogP contribution in [-0.2, 0) is 11.3 Å². The van der Waals surface area contributed by atoms with E-state index in [1.54, 1.807) is 6.21 Å². The molecule has 0 bridgehead atoms. The van der Waals surface area contributed by atoms with Gasteiger partial charge in [0, 0.05) is 12.5 Å². The number of hydrogen-bond donors (Lipinski definition) is 0. The predicted octanol–water partition coefficient (Wildman–Crippen LogP) is 3.55. The van der Waals surface area contributed by atoms with Gasteiger partial charge in [-0.05, 0) is 5.56 Å². The summed E-state index contributed by atoms with van der Waals surface area (Å²) in [6.45, 7) is 2.72. The number of nitrogens with zero attached hydrogens (tertiary/aromatic N) is 1. The van der Waals surface area contributed by atoms with E-state index >= 15 is 0 Å².